The quantitative estimate of drug-likeness (QED) is 0.747. The first-order chi connectivity index (χ1) is 8.20. The lowest BCUT2D eigenvalue weighted by molar-refractivity contribution is 0.0951. The van der Waals surface area contributed by atoms with E-state index in [1.54, 1.807) is 0 Å². The first-order valence-electron chi connectivity index (χ1n) is 5.81. The molecule has 0 bridgehead atoms. The van der Waals surface area contributed by atoms with Crippen LogP contribution in [0.5, 0.6) is 0 Å². The monoisotopic (exact) mass is 228 g/mol. The number of amides is 1. The van der Waals surface area contributed by atoms with Crippen LogP contribution in [0.3, 0.4) is 0 Å². The summed E-state index contributed by atoms with van der Waals surface area (Å²) in [5.74, 6) is 5.69. The number of aryl methyl sites for hydroxylation is 1. The van der Waals surface area contributed by atoms with Crippen LogP contribution in [-0.2, 0) is 0 Å². The molecule has 1 fully saturated rings. The van der Waals surface area contributed by atoms with Crippen LogP contribution in [0.4, 0.5) is 0 Å². The summed E-state index contributed by atoms with van der Waals surface area (Å²) in [5, 5.41) is 2.98. The maximum atomic E-state index is 12.0. The molecular formula is C14H16N2O. The lowest BCUT2D eigenvalue weighted by Gasteiger charge is -2.06. The van der Waals surface area contributed by atoms with Crippen molar-refractivity contribution in [3.8, 4) is 11.8 Å². The number of benzene rings is 1. The minimum Gasteiger partial charge on any atom is -0.349 e. The van der Waals surface area contributed by atoms with Gasteiger partial charge in [-0.1, -0.05) is 23.5 Å². The Kier molecular flexibility index (Phi) is 3.46. The van der Waals surface area contributed by atoms with Crippen LogP contribution >= 0.6 is 0 Å². The summed E-state index contributed by atoms with van der Waals surface area (Å²) in [6.45, 7) is 2.27. The summed E-state index contributed by atoms with van der Waals surface area (Å²) in [6, 6.07) is 6.06. The smallest absolute Gasteiger partial charge is 0.252 e. The number of rotatable bonds is 2. The molecule has 0 aliphatic heterocycles. The van der Waals surface area contributed by atoms with Gasteiger partial charge >= 0.3 is 0 Å². The van der Waals surface area contributed by atoms with E-state index in [1.165, 1.54) is 0 Å². The molecule has 3 heteroatoms. The molecule has 1 saturated carbocycles. The van der Waals surface area contributed by atoms with Gasteiger partial charge in [-0.15, -0.1) is 0 Å². The van der Waals surface area contributed by atoms with Crippen LogP contribution in [0.25, 0.3) is 0 Å². The Bertz CT molecular complexity index is 493. The van der Waals surface area contributed by atoms with Crippen molar-refractivity contribution >= 4 is 5.91 Å². The van der Waals surface area contributed by atoms with Crippen molar-refractivity contribution in [3.63, 3.8) is 0 Å². The van der Waals surface area contributed by atoms with Gasteiger partial charge in [0.25, 0.3) is 5.91 Å². The van der Waals surface area contributed by atoms with Crippen LogP contribution in [0.1, 0.15) is 34.3 Å². The summed E-state index contributed by atoms with van der Waals surface area (Å²) < 4.78 is 0. The van der Waals surface area contributed by atoms with E-state index in [2.05, 4.69) is 17.2 Å². The number of carbonyl (C=O) groups is 1. The normalized spacial score (nSPS) is 13.8. The average molecular weight is 228 g/mol. The van der Waals surface area contributed by atoms with Gasteiger partial charge in [0.05, 0.1) is 12.1 Å². The number of hydrogen-bond donors (Lipinski definition) is 2. The molecule has 0 unspecified atom stereocenters. The van der Waals surface area contributed by atoms with Gasteiger partial charge in [-0.05, 0) is 31.9 Å². The summed E-state index contributed by atoms with van der Waals surface area (Å²) in [5.41, 5.74) is 7.81. The molecule has 1 aromatic rings. The molecule has 0 heterocycles. The molecule has 0 aromatic heterocycles. The molecule has 17 heavy (non-hydrogen) atoms. The van der Waals surface area contributed by atoms with Crippen molar-refractivity contribution in [3.05, 3.63) is 34.9 Å². The average Bonchev–Trinajstić information content (AvgIpc) is 3.11. The van der Waals surface area contributed by atoms with Crippen LogP contribution in [0.2, 0.25) is 0 Å². The summed E-state index contributed by atoms with van der Waals surface area (Å²) in [6.07, 6.45) is 2.17. The predicted octanol–water partition coefficient (Wildman–Crippen LogP) is 1.20. The maximum absolute atomic E-state index is 12.0. The van der Waals surface area contributed by atoms with E-state index in [1.807, 2.05) is 25.1 Å². The van der Waals surface area contributed by atoms with Crippen molar-refractivity contribution in [2.24, 2.45) is 5.73 Å². The highest BCUT2D eigenvalue weighted by Crippen LogP contribution is 2.20. The second kappa shape index (κ2) is 5.03. The maximum Gasteiger partial charge on any atom is 0.252 e. The van der Waals surface area contributed by atoms with Gasteiger partial charge in [-0.2, -0.15) is 0 Å². The van der Waals surface area contributed by atoms with E-state index < -0.39 is 0 Å². The van der Waals surface area contributed by atoms with Crippen molar-refractivity contribution < 1.29 is 4.79 Å². The first kappa shape index (κ1) is 11.7. The number of hydrogen-bond acceptors (Lipinski definition) is 2. The fraction of sp³-hybridized carbons (Fsp3) is 0.357. The Labute approximate surface area is 101 Å². The number of carbonyl (C=O) groups excluding carboxylic acids is 1. The van der Waals surface area contributed by atoms with Gasteiger partial charge in [-0.25, -0.2) is 0 Å². The Morgan fingerprint density at radius 3 is 2.94 bits per heavy atom. The van der Waals surface area contributed by atoms with E-state index in [-0.39, 0.29) is 5.91 Å². The first-order valence-corrected chi connectivity index (χ1v) is 5.81. The van der Waals surface area contributed by atoms with Crippen molar-refractivity contribution in [2.75, 3.05) is 6.54 Å². The lowest BCUT2D eigenvalue weighted by Crippen LogP contribution is -2.26. The topological polar surface area (TPSA) is 55.1 Å². The minimum atomic E-state index is -0.0301. The largest absolute Gasteiger partial charge is 0.349 e. The van der Waals surface area contributed by atoms with E-state index in [9.17, 15) is 4.79 Å². The van der Waals surface area contributed by atoms with Gasteiger partial charge in [0, 0.05) is 11.6 Å². The summed E-state index contributed by atoms with van der Waals surface area (Å²) in [7, 11) is 0. The zero-order valence-corrected chi connectivity index (χ0v) is 9.92. The highest BCUT2D eigenvalue weighted by Gasteiger charge is 2.24. The third kappa shape index (κ3) is 3.08. The molecule has 0 radical (unpaired) electrons. The zero-order valence-electron chi connectivity index (χ0n) is 9.92. The third-order valence-corrected chi connectivity index (χ3v) is 2.66. The highest BCUT2D eigenvalue weighted by molar-refractivity contribution is 5.97. The molecule has 88 valence electrons. The summed E-state index contributed by atoms with van der Waals surface area (Å²) in [4.78, 5) is 12.0. The Morgan fingerprint density at radius 1 is 1.53 bits per heavy atom. The number of nitrogens with one attached hydrogen (secondary N) is 1. The molecule has 1 amide bonds. The van der Waals surface area contributed by atoms with E-state index >= 15 is 0 Å². The molecule has 2 rings (SSSR count). The Hall–Kier alpha value is -1.79. The van der Waals surface area contributed by atoms with E-state index in [4.69, 9.17) is 5.73 Å². The van der Waals surface area contributed by atoms with E-state index in [0.717, 1.165) is 24.0 Å². The molecule has 3 N–H and O–H groups in total. The standard InChI is InChI=1S/C14H16N2O/c1-10-4-5-11(3-2-8-15)13(9-10)14(17)16-12-6-7-12/h4-5,9,12H,6-8,15H2,1H3,(H,16,17). The van der Waals surface area contributed by atoms with Gasteiger partial charge in [0.15, 0.2) is 0 Å². The molecule has 1 aliphatic carbocycles. The van der Waals surface area contributed by atoms with Crippen molar-refractivity contribution in [1.29, 1.82) is 0 Å². The molecule has 0 saturated heterocycles. The number of nitrogens with two attached hydrogens (primary N) is 1. The Balaban J connectivity index is 2.27. The fourth-order valence-electron chi connectivity index (χ4n) is 1.59. The molecule has 1 aliphatic rings. The molecular weight excluding hydrogens is 212 g/mol. The van der Waals surface area contributed by atoms with Crippen molar-refractivity contribution in [1.82, 2.24) is 5.32 Å². The van der Waals surface area contributed by atoms with Crippen LogP contribution in [-0.4, -0.2) is 18.5 Å². The molecule has 0 atom stereocenters. The van der Waals surface area contributed by atoms with Gasteiger partial charge in [0.2, 0.25) is 0 Å². The zero-order chi connectivity index (χ0) is 12.3. The van der Waals surface area contributed by atoms with Crippen LogP contribution in [0.15, 0.2) is 18.2 Å². The van der Waals surface area contributed by atoms with Gasteiger partial charge < -0.3 is 11.1 Å². The highest BCUT2D eigenvalue weighted by atomic mass is 16.1. The molecule has 1 aromatic carbocycles. The fourth-order valence-corrected chi connectivity index (χ4v) is 1.59. The van der Waals surface area contributed by atoms with E-state index in [0.29, 0.717) is 18.2 Å². The SMILES string of the molecule is Cc1ccc(C#CCN)c(C(=O)NC2CC2)c1. The van der Waals surface area contributed by atoms with Crippen molar-refractivity contribution in [2.45, 2.75) is 25.8 Å². The third-order valence-electron chi connectivity index (χ3n) is 2.66. The van der Waals surface area contributed by atoms with Crippen LogP contribution in [0, 0.1) is 18.8 Å². The molecule has 3 nitrogen and oxygen atoms in total. The minimum absolute atomic E-state index is 0.0301. The Morgan fingerprint density at radius 2 is 2.29 bits per heavy atom. The lowest BCUT2D eigenvalue weighted by atomic mass is 10.0. The summed E-state index contributed by atoms with van der Waals surface area (Å²) >= 11 is 0. The van der Waals surface area contributed by atoms with Gasteiger partial charge in [-0.3, -0.25) is 4.79 Å². The predicted molar refractivity (Wildman–Crippen MR) is 67.6 cm³/mol. The molecule has 0 spiro atoms. The van der Waals surface area contributed by atoms with Gasteiger partial charge in [0.1, 0.15) is 0 Å². The second-order valence-corrected chi connectivity index (χ2v) is 4.30. The second-order valence-electron chi connectivity index (χ2n) is 4.30. The van der Waals surface area contributed by atoms with Crippen LogP contribution < -0.4 is 11.1 Å².